The van der Waals surface area contributed by atoms with Crippen molar-refractivity contribution in [2.75, 3.05) is 19.8 Å². The van der Waals surface area contributed by atoms with Gasteiger partial charge in [-0.15, -0.1) is 0 Å². The van der Waals surface area contributed by atoms with Gasteiger partial charge in [0.2, 0.25) is 10.0 Å². The molecule has 1 aromatic rings. The highest BCUT2D eigenvalue weighted by molar-refractivity contribution is 7.89. The predicted molar refractivity (Wildman–Crippen MR) is 78.6 cm³/mol. The molecule has 0 fully saturated rings. The van der Waals surface area contributed by atoms with Gasteiger partial charge in [-0.25, -0.2) is 13.6 Å². The Morgan fingerprint density at radius 2 is 1.90 bits per heavy atom. The Hall–Kier alpha value is -1.11. The van der Waals surface area contributed by atoms with Gasteiger partial charge in [0, 0.05) is 6.61 Å². The molecule has 0 atom stereocenters. The predicted octanol–water partition coefficient (Wildman–Crippen LogP) is 2.18. The van der Waals surface area contributed by atoms with E-state index in [-0.39, 0.29) is 10.8 Å². The van der Waals surface area contributed by atoms with Gasteiger partial charge in [0.05, 0.1) is 11.5 Å². The van der Waals surface area contributed by atoms with Crippen LogP contribution >= 0.6 is 0 Å². The van der Waals surface area contributed by atoms with E-state index in [1.54, 1.807) is 19.1 Å². The number of sulfonamides is 1. The van der Waals surface area contributed by atoms with Crippen molar-refractivity contribution in [2.24, 2.45) is 5.14 Å². The van der Waals surface area contributed by atoms with Gasteiger partial charge in [0.1, 0.15) is 12.4 Å². The van der Waals surface area contributed by atoms with E-state index >= 15 is 0 Å². The molecule has 5 nitrogen and oxygen atoms in total. The summed E-state index contributed by atoms with van der Waals surface area (Å²) < 4.78 is 34.0. The number of hydrogen-bond acceptors (Lipinski definition) is 4. The fraction of sp³-hybridized carbons (Fsp3) is 0.571. The van der Waals surface area contributed by atoms with Crippen LogP contribution in [0.4, 0.5) is 0 Å². The number of nitrogens with two attached hydrogens (primary N) is 1. The van der Waals surface area contributed by atoms with Crippen molar-refractivity contribution in [1.82, 2.24) is 0 Å². The van der Waals surface area contributed by atoms with E-state index < -0.39 is 10.0 Å². The molecule has 0 saturated carbocycles. The minimum atomic E-state index is -3.72. The zero-order valence-electron chi connectivity index (χ0n) is 12.5. The minimum absolute atomic E-state index is 0.137. The molecule has 0 unspecified atom stereocenters. The number of benzene rings is 1. The molecule has 0 radical (unpaired) electrons. The largest absolute Gasteiger partial charge is 0.491 e. The lowest BCUT2D eigenvalue weighted by molar-refractivity contribution is 0.109. The summed E-state index contributed by atoms with van der Waals surface area (Å²) in [6.07, 6.45) is 0. The van der Waals surface area contributed by atoms with Crippen molar-refractivity contribution in [3.8, 4) is 5.75 Å². The molecule has 0 aromatic heterocycles. The fourth-order valence-electron chi connectivity index (χ4n) is 1.91. The molecule has 0 heterocycles. The second-order valence-corrected chi connectivity index (χ2v) is 6.43. The van der Waals surface area contributed by atoms with Crippen molar-refractivity contribution in [3.05, 3.63) is 23.3 Å². The SMILES string of the molecule is CCOCCOc1cc(C)c(S(N)(=O)=O)cc1C(C)C. The standard InChI is InChI=1S/C14H23NO4S/c1-5-18-6-7-19-13-8-11(4)14(20(15,16)17)9-12(13)10(2)3/h8-10H,5-7H2,1-4H3,(H2,15,16,17). The highest BCUT2D eigenvalue weighted by atomic mass is 32.2. The lowest BCUT2D eigenvalue weighted by atomic mass is 10.0. The van der Waals surface area contributed by atoms with Crippen LogP contribution in [0.15, 0.2) is 17.0 Å². The molecular formula is C14H23NO4S. The van der Waals surface area contributed by atoms with E-state index in [0.717, 1.165) is 5.56 Å². The average Bonchev–Trinajstić information content (AvgIpc) is 2.32. The number of rotatable bonds is 7. The first kappa shape index (κ1) is 16.9. The maximum absolute atomic E-state index is 11.6. The number of primary sulfonamides is 1. The first-order valence-corrected chi connectivity index (χ1v) is 8.19. The van der Waals surface area contributed by atoms with Gasteiger partial charge in [-0.3, -0.25) is 0 Å². The van der Waals surface area contributed by atoms with E-state index in [2.05, 4.69) is 0 Å². The van der Waals surface area contributed by atoms with E-state index in [1.165, 1.54) is 0 Å². The summed E-state index contributed by atoms with van der Waals surface area (Å²) in [4.78, 5) is 0.151. The summed E-state index contributed by atoms with van der Waals surface area (Å²) in [6.45, 7) is 9.17. The van der Waals surface area contributed by atoms with E-state index in [4.69, 9.17) is 14.6 Å². The molecule has 6 heteroatoms. The molecule has 0 spiro atoms. The highest BCUT2D eigenvalue weighted by Crippen LogP contribution is 2.31. The Kier molecular flexibility index (Phi) is 5.98. The van der Waals surface area contributed by atoms with Crippen LogP contribution in [0, 0.1) is 6.92 Å². The summed E-state index contributed by atoms with van der Waals surface area (Å²) in [6, 6.07) is 3.33. The lowest BCUT2D eigenvalue weighted by Crippen LogP contribution is -2.15. The summed E-state index contributed by atoms with van der Waals surface area (Å²) >= 11 is 0. The van der Waals surface area contributed by atoms with Gasteiger partial charge < -0.3 is 9.47 Å². The summed E-state index contributed by atoms with van der Waals surface area (Å²) in [5.41, 5.74) is 1.42. The van der Waals surface area contributed by atoms with Crippen molar-refractivity contribution in [3.63, 3.8) is 0 Å². The van der Waals surface area contributed by atoms with Crippen LogP contribution < -0.4 is 9.88 Å². The van der Waals surface area contributed by atoms with Crippen LogP contribution in [0.25, 0.3) is 0 Å². The van der Waals surface area contributed by atoms with Gasteiger partial charge in [0.25, 0.3) is 0 Å². The third-order valence-corrected chi connectivity index (χ3v) is 3.98. The third kappa shape index (κ3) is 4.47. The first-order chi connectivity index (χ1) is 9.27. The van der Waals surface area contributed by atoms with Crippen LogP contribution in [-0.4, -0.2) is 28.2 Å². The second-order valence-electron chi connectivity index (χ2n) is 4.90. The van der Waals surface area contributed by atoms with E-state index in [1.807, 2.05) is 20.8 Å². The first-order valence-electron chi connectivity index (χ1n) is 6.65. The molecule has 1 aromatic carbocycles. The van der Waals surface area contributed by atoms with Gasteiger partial charge in [-0.05, 0) is 43.0 Å². The molecule has 114 valence electrons. The molecule has 20 heavy (non-hydrogen) atoms. The molecular weight excluding hydrogens is 278 g/mol. The Morgan fingerprint density at radius 3 is 2.40 bits per heavy atom. The van der Waals surface area contributed by atoms with Crippen LogP contribution in [0.2, 0.25) is 0 Å². The Morgan fingerprint density at radius 1 is 1.25 bits per heavy atom. The van der Waals surface area contributed by atoms with Gasteiger partial charge in [0.15, 0.2) is 0 Å². The molecule has 0 aliphatic rings. The maximum Gasteiger partial charge on any atom is 0.238 e. The van der Waals surface area contributed by atoms with Gasteiger partial charge >= 0.3 is 0 Å². The van der Waals surface area contributed by atoms with E-state index in [0.29, 0.717) is 31.1 Å². The maximum atomic E-state index is 11.6. The monoisotopic (exact) mass is 301 g/mol. The fourth-order valence-corrected chi connectivity index (χ4v) is 2.71. The van der Waals surface area contributed by atoms with Crippen molar-refractivity contribution in [2.45, 2.75) is 38.5 Å². The van der Waals surface area contributed by atoms with Gasteiger partial charge in [-0.2, -0.15) is 0 Å². The van der Waals surface area contributed by atoms with Crippen LogP contribution in [-0.2, 0) is 14.8 Å². The molecule has 0 bridgehead atoms. The van der Waals surface area contributed by atoms with Crippen molar-refractivity contribution >= 4 is 10.0 Å². The normalized spacial score (nSPS) is 11.9. The van der Waals surface area contributed by atoms with Crippen LogP contribution in [0.1, 0.15) is 37.8 Å². The average molecular weight is 301 g/mol. The van der Waals surface area contributed by atoms with Crippen molar-refractivity contribution < 1.29 is 17.9 Å². The summed E-state index contributed by atoms with van der Waals surface area (Å²) in [5, 5.41) is 5.23. The zero-order chi connectivity index (χ0) is 15.3. The molecule has 1 rings (SSSR count). The minimum Gasteiger partial charge on any atom is -0.491 e. The van der Waals surface area contributed by atoms with Crippen LogP contribution in [0.5, 0.6) is 5.75 Å². The molecule has 0 aliphatic heterocycles. The smallest absolute Gasteiger partial charge is 0.238 e. The number of hydrogen-bond donors (Lipinski definition) is 1. The highest BCUT2D eigenvalue weighted by Gasteiger charge is 2.17. The molecule has 0 amide bonds. The quantitative estimate of drug-likeness (QED) is 0.783. The Balaban J connectivity index is 3.09. The number of aryl methyl sites for hydroxylation is 1. The topological polar surface area (TPSA) is 78.6 Å². The number of ether oxygens (including phenoxy) is 2. The zero-order valence-corrected chi connectivity index (χ0v) is 13.3. The van der Waals surface area contributed by atoms with E-state index in [9.17, 15) is 8.42 Å². The van der Waals surface area contributed by atoms with Crippen LogP contribution in [0.3, 0.4) is 0 Å². The Labute approximate surface area is 121 Å². The summed E-state index contributed by atoms with van der Waals surface area (Å²) in [5.74, 6) is 0.822. The van der Waals surface area contributed by atoms with Gasteiger partial charge in [-0.1, -0.05) is 13.8 Å². The molecule has 2 N–H and O–H groups in total. The second kappa shape index (κ2) is 7.06. The summed E-state index contributed by atoms with van der Waals surface area (Å²) in [7, 11) is -3.72. The molecule has 0 saturated heterocycles. The van der Waals surface area contributed by atoms with Crippen molar-refractivity contribution in [1.29, 1.82) is 0 Å². The Bertz CT molecular complexity index is 553. The third-order valence-electron chi connectivity index (χ3n) is 2.93. The lowest BCUT2D eigenvalue weighted by Gasteiger charge is -2.17. The molecule has 0 aliphatic carbocycles.